The van der Waals surface area contributed by atoms with Gasteiger partial charge in [-0.25, -0.2) is 0 Å². The maximum absolute atomic E-state index is 12.7. The lowest BCUT2D eigenvalue weighted by Crippen LogP contribution is -2.44. The monoisotopic (exact) mass is 298 g/mol. The van der Waals surface area contributed by atoms with Crippen molar-refractivity contribution in [1.29, 1.82) is 0 Å². The third kappa shape index (κ3) is 3.76. The minimum Gasteiger partial charge on any atom is -0.315 e. The van der Waals surface area contributed by atoms with Crippen LogP contribution in [-0.4, -0.2) is 54.7 Å². The van der Waals surface area contributed by atoms with E-state index in [1.165, 1.54) is 4.31 Å². The van der Waals surface area contributed by atoms with Crippen LogP contribution in [0.15, 0.2) is 24.4 Å². The fraction of sp³-hybridized carbons (Fsp3) is 0.615. The maximum Gasteiger partial charge on any atom is 0.282 e. The van der Waals surface area contributed by atoms with Crippen LogP contribution in [0.1, 0.15) is 19.0 Å². The second-order valence-electron chi connectivity index (χ2n) is 4.76. The van der Waals surface area contributed by atoms with Gasteiger partial charge in [-0.05, 0) is 25.1 Å². The van der Waals surface area contributed by atoms with E-state index in [4.69, 9.17) is 0 Å². The first kappa shape index (κ1) is 15.4. The van der Waals surface area contributed by atoms with Gasteiger partial charge in [0.05, 0.1) is 12.2 Å². The van der Waals surface area contributed by atoms with Gasteiger partial charge in [-0.2, -0.15) is 17.0 Å². The zero-order valence-corrected chi connectivity index (χ0v) is 12.6. The minimum absolute atomic E-state index is 0.323. The molecule has 1 fully saturated rings. The highest BCUT2D eigenvalue weighted by molar-refractivity contribution is 7.86. The fourth-order valence-corrected chi connectivity index (χ4v) is 3.87. The second-order valence-corrected chi connectivity index (χ2v) is 6.69. The minimum atomic E-state index is -3.41. The number of hydrogen-bond acceptors (Lipinski definition) is 4. The third-order valence-electron chi connectivity index (χ3n) is 3.37. The van der Waals surface area contributed by atoms with Crippen molar-refractivity contribution in [2.75, 3.05) is 32.7 Å². The van der Waals surface area contributed by atoms with Crippen LogP contribution in [0, 0.1) is 0 Å². The average molecular weight is 298 g/mol. The lowest BCUT2D eigenvalue weighted by molar-refractivity contribution is 0.345. The van der Waals surface area contributed by atoms with Crippen molar-refractivity contribution in [2.45, 2.75) is 19.9 Å². The van der Waals surface area contributed by atoms with Gasteiger partial charge in [-0.3, -0.25) is 4.98 Å². The van der Waals surface area contributed by atoms with Crippen LogP contribution < -0.4 is 5.32 Å². The molecule has 6 nitrogen and oxygen atoms in total. The normalized spacial score (nSPS) is 18.1. The smallest absolute Gasteiger partial charge is 0.282 e. The van der Waals surface area contributed by atoms with Crippen LogP contribution in [0.25, 0.3) is 0 Å². The molecule has 1 aromatic rings. The summed E-state index contributed by atoms with van der Waals surface area (Å²) < 4.78 is 28.4. The van der Waals surface area contributed by atoms with Gasteiger partial charge in [0.1, 0.15) is 0 Å². The zero-order valence-electron chi connectivity index (χ0n) is 11.8. The Morgan fingerprint density at radius 1 is 1.35 bits per heavy atom. The molecule has 1 N–H and O–H groups in total. The molecule has 7 heteroatoms. The molecule has 1 saturated heterocycles. The third-order valence-corrected chi connectivity index (χ3v) is 5.43. The van der Waals surface area contributed by atoms with Crippen molar-refractivity contribution in [3.05, 3.63) is 30.1 Å². The molecular formula is C13H22N4O2S. The number of nitrogens with one attached hydrogen (secondary N) is 1. The highest BCUT2D eigenvalue weighted by Crippen LogP contribution is 2.13. The van der Waals surface area contributed by atoms with Gasteiger partial charge in [-0.1, -0.05) is 13.0 Å². The highest BCUT2D eigenvalue weighted by atomic mass is 32.2. The summed E-state index contributed by atoms with van der Waals surface area (Å²) >= 11 is 0. The van der Waals surface area contributed by atoms with Crippen LogP contribution in [0.4, 0.5) is 0 Å². The molecule has 1 aromatic heterocycles. The van der Waals surface area contributed by atoms with Crippen molar-refractivity contribution in [1.82, 2.24) is 18.9 Å². The summed E-state index contributed by atoms with van der Waals surface area (Å²) in [5.74, 6) is 0. The summed E-state index contributed by atoms with van der Waals surface area (Å²) in [6.07, 6.45) is 2.53. The molecule has 20 heavy (non-hydrogen) atoms. The maximum atomic E-state index is 12.7. The van der Waals surface area contributed by atoms with E-state index in [0.29, 0.717) is 32.7 Å². The summed E-state index contributed by atoms with van der Waals surface area (Å²) in [5, 5.41) is 3.22. The first-order valence-corrected chi connectivity index (χ1v) is 8.40. The molecule has 2 rings (SSSR count). The number of hydrogen-bond donors (Lipinski definition) is 1. The van der Waals surface area contributed by atoms with Crippen molar-refractivity contribution in [3.8, 4) is 0 Å². The van der Waals surface area contributed by atoms with E-state index < -0.39 is 10.2 Å². The number of nitrogens with zero attached hydrogens (tertiary/aromatic N) is 3. The van der Waals surface area contributed by atoms with Crippen molar-refractivity contribution < 1.29 is 8.42 Å². The first-order valence-electron chi connectivity index (χ1n) is 7.00. The highest BCUT2D eigenvalue weighted by Gasteiger charge is 2.29. The van der Waals surface area contributed by atoms with Gasteiger partial charge in [-0.15, -0.1) is 0 Å². The SMILES string of the molecule is CCN(Cc1ccccn1)S(=O)(=O)N1CCCNCC1. The molecule has 0 aromatic carbocycles. The van der Waals surface area contributed by atoms with E-state index in [1.807, 2.05) is 25.1 Å². The average Bonchev–Trinajstić information content (AvgIpc) is 2.75. The fourth-order valence-electron chi connectivity index (χ4n) is 2.24. The quantitative estimate of drug-likeness (QED) is 0.857. The molecular weight excluding hydrogens is 276 g/mol. The van der Waals surface area contributed by atoms with Crippen molar-refractivity contribution in [2.24, 2.45) is 0 Å². The topological polar surface area (TPSA) is 65.5 Å². The molecule has 0 saturated carbocycles. The standard InChI is InChI=1S/C13H22N4O2S/c1-2-16(12-13-6-3-4-8-15-13)20(18,19)17-10-5-7-14-9-11-17/h3-4,6,8,14H,2,5,7,9-12H2,1H3. The Morgan fingerprint density at radius 3 is 2.90 bits per heavy atom. The molecule has 0 unspecified atom stereocenters. The Kier molecular flexibility index (Phi) is 5.47. The number of pyridine rings is 1. The number of aromatic nitrogens is 1. The van der Waals surface area contributed by atoms with E-state index in [0.717, 1.165) is 18.7 Å². The Balaban J connectivity index is 2.12. The van der Waals surface area contributed by atoms with Crippen molar-refractivity contribution >= 4 is 10.2 Å². The van der Waals surface area contributed by atoms with Gasteiger partial charge in [0.15, 0.2) is 0 Å². The molecule has 0 spiro atoms. The van der Waals surface area contributed by atoms with Crippen LogP contribution in [-0.2, 0) is 16.8 Å². The Hall–Kier alpha value is -1.02. The van der Waals surface area contributed by atoms with Crippen LogP contribution in [0.3, 0.4) is 0 Å². The predicted octanol–water partition coefficient (Wildman–Crippen LogP) is 0.444. The summed E-state index contributed by atoms with van der Waals surface area (Å²) in [4.78, 5) is 4.21. The summed E-state index contributed by atoms with van der Waals surface area (Å²) in [5.41, 5.74) is 0.769. The van der Waals surface area contributed by atoms with Crippen molar-refractivity contribution in [3.63, 3.8) is 0 Å². The van der Waals surface area contributed by atoms with E-state index >= 15 is 0 Å². The molecule has 0 aliphatic carbocycles. The molecule has 2 heterocycles. The molecule has 0 bridgehead atoms. The summed E-state index contributed by atoms with van der Waals surface area (Å²) in [7, 11) is -3.41. The lowest BCUT2D eigenvalue weighted by Gasteiger charge is -2.27. The van der Waals surface area contributed by atoms with E-state index in [9.17, 15) is 8.42 Å². The predicted molar refractivity (Wildman–Crippen MR) is 78.3 cm³/mol. The van der Waals surface area contributed by atoms with Gasteiger partial charge >= 0.3 is 0 Å². The molecule has 1 aliphatic rings. The van der Waals surface area contributed by atoms with E-state index in [1.54, 1.807) is 10.5 Å². The van der Waals surface area contributed by atoms with Gasteiger partial charge < -0.3 is 5.32 Å². The largest absolute Gasteiger partial charge is 0.315 e. The Labute approximate surface area is 121 Å². The summed E-state index contributed by atoms with van der Waals surface area (Å²) in [6.45, 7) is 5.32. The van der Waals surface area contributed by atoms with Crippen LogP contribution in [0.2, 0.25) is 0 Å². The zero-order chi connectivity index (χ0) is 14.4. The molecule has 0 atom stereocenters. The molecule has 112 valence electrons. The molecule has 1 aliphatic heterocycles. The van der Waals surface area contributed by atoms with E-state index in [-0.39, 0.29) is 0 Å². The Morgan fingerprint density at radius 2 is 2.20 bits per heavy atom. The van der Waals surface area contributed by atoms with Crippen LogP contribution in [0.5, 0.6) is 0 Å². The second kappa shape index (κ2) is 7.12. The summed E-state index contributed by atoms with van der Waals surface area (Å²) in [6, 6.07) is 5.55. The first-order chi connectivity index (χ1) is 9.64. The van der Waals surface area contributed by atoms with Crippen LogP contribution >= 0.6 is 0 Å². The molecule has 0 radical (unpaired) electrons. The number of rotatable bonds is 5. The van der Waals surface area contributed by atoms with Gasteiger partial charge in [0.25, 0.3) is 10.2 Å². The lowest BCUT2D eigenvalue weighted by atomic mass is 10.3. The van der Waals surface area contributed by atoms with Gasteiger partial charge in [0, 0.05) is 32.4 Å². The Bertz CT molecular complexity index is 498. The van der Waals surface area contributed by atoms with Gasteiger partial charge in [0.2, 0.25) is 0 Å². The molecule has 0 amide bonds. The van der Waals surface area contributed by atoms with E-state index in [2.05, 4.69) is 10.3 Å².